The monoisotopic (exact) mass is 361 g/mol. The van der Waals surface area contributed by atoms with Crippen molar-refractivity contribution in [2.75, 3.05) is 0 Å². The number of benzene rings is 1. The van der Waals surface area contributed by atoms with E-state index in [0.29, 0.717) is 22.2 Å². The van der Waals surface area contributed by atoms with E-state index in [1.54, 1.807) is 30.3 Å². The Morgan fingerprint density at radius 3 is 2.88 bits per heavy atom. The fraction of sp³-hybridized carbons (Fsp3) is 0.235. The molecule has 0 fully saturated rings. The van der Waals surface area contributed by atoms with Crippen LogP contribution in [0.4, 0.5) is 0 Å². The smallest absolute Gasteiger partial charge is 0.287 e. The minimum absolute atomic E-state index is 0.0258. The van der Waals surface area contributed by atoms with Crippen molar-refractivity contribution in [3.8, 4) is 17.1 Å². The molecule has 0 saturated carbocycles. The molecule has 0 aliphatic carbocycles. The first kappa shape index (κ1) is 17.0. The fourth-order valence-electron chi connectivity index (χ4n) is 2.08. The summed E-state index contributed by atoms with van der Waals surface area (Å²) in [6.07, 6.45) is 1.45. The Balaban J connectivity index is 1.67. The summed E-state index contributed by atoms with van der Waals surface area (Å²) in [5.41, 5.74) is 0.688. The van der Waals surface area contributed by atoms with E-state index in [2.05, 4.69) is 15.5 Å². The van der Waals surface area contributed by atoms with Gasteiger partial charge in [0.2, 0.25) is 11.7 Å². The lowest BCUT2D eigenvalue weighted by molar-refractivity contribution is 0.0918. The van der Waals surface area contributed by atoms with Gasteiger partial charge < -0.3 is 19.0 Å². The Labute approximate surface area is 148 Å². The molecule has 0 atom stereocenters. The molecular weight excluding hydrogens is 346 g/mol. The highest BCUT2D eigenvalue weighted by atomic mass is 35.5. The van der Waals surface area contributed by atoms with Gasteiger partial charge in [-0.05, 0) is 44.2 Å². The summed E-state index contributed by atoms with van der Waals surface area (Å²) in [7, 11) is 0. The molecule has 0 aliphatic heterocycles. The summed E-state index contributed by atoms with van der Waals surface area (Å²) in [5.74, 6) is 1.10. The lowest BCUT2D eigenvalue weighted by atomic mass is 10.2. The van der Waals surface area contributed by atoms with Crippen LogP contribution in [0.2, 0.25) is 5.02 Å². The number of aromatic nitrogens is 2. The van der Waals surface area contributed by atoms with Crippen LogP contribution in [0.1, 0.15) is 30.3 Å². The largest absolute Gasteiger partial charge is 0.489 e. The molecule has 8 heteroatoms. The summed E-state index contributed by atoms with van der Waals surface area (Å²) in [4.78, 5) is 16.0. The molecule has 1 amide bonds. The van der Waals surface area contributed by atoms with Crippen molar-refractivity contribution in [2.45, 2.75) is 26.5 Å². The molecule has 2 heterocycles. The second-order valence-electron chi connectivity index (χ2n) is 5.48. The van der Waals surface area contributed by atoms with Crippen LogP contribution < -0.4 is 10.1 Å². The number of halogens is 1. The standard InChI is InChI=1S/C17H16ClN3O4/c1-10(2)24-13-6-5-11(8-12(13)18)16-20-15(25-21-16)9-19-17(22)14-4-3-7-23-14/h3-8,10H,9H2,1-2H3,(H,19,22). The number of amides is 1. The van der Waals surface area contributed by atoms with Gasteiger partial charge in [0.1, 0.15) is 5.75 Å². The van der Waals surface area contributed by atoms with Gasteiger partial charge in [-0.15, -0.1) is 0 Å². The van der Waals surface area contributed by atoms with E-state index in [-0.39, 0.29) is 30.2 Å². The third kappa shape index (κ3) is 4.19. The number of carbonyl (C=O) groups excluding carboxylic acids is 1. The second kappa shape index (κ2) is 7.40. The molecular formula is C17H16ClN3O4. The van der Waals surface area contributed by atoms with Gasteiger partial charge in [-0.25, -0.2) is 0 Å². The summed E-state index contributed by atoms with van der Waals surface area (Å²) in [6, 6.07) is 8.45. The van der Waals surface area contributed by atoms with Crippen molar-refractivity contribution in [1.82, 2.24) is 15.5 Å². The molecule has 25 heavy (non-hydrogen) atoms. The lowest BCUT2D eigenvalue weighted by Gasteiger charge is -2.11. The molecule has 3 aromatic rings. The number of nitrogens with zero attached hydrogens (tertiary/aromatic N) is 2. The van der Waals surface area contributed by atoms with Crippen LogP contribution in [0.25, 0.3) is 11.4 Å². The lowest BCUT2D eigenvalue weighted by Crippen LogP contribution is -2.22. The molecule has 0 radical (unpaired) electrons. The maximum atomic E-state index is 11.8. The zero-order valence-corrected chi connectivity index (χ0v) is 14.4. The molecule has 0 saturated heterocycles. The highest BCUT2D eigenvalue weighted by molar-refractivity contribution is 6.32. The molecule has 1 aromatic carbocycles. The van der Waals surface area contributed by atoms with Gasteiger partial charge in [0.15, 0.2) is 5.76 Å². The van der Waals surface area contributed by atoms with E-state index < -0.39 is 0 Å². The van der Waals surface area contributed by atoms with E-state index in [1.165, 1.54) is 6.26 Å². The minimum atomic E-state index is -0.358. The van der Waals surface area contributed by atoms with Crippen molar-refractivity contribution >= 4 is 17.5 Å². The summed E-state index contributed by atoms with van der Waals surface area (Å²) in [6.45, 7) is 3.94. The third-order valence-electron chi connectivity index (χ3n) is 3.17. The summed E-state index contributed by atoms with van der Waals surface area (Å²) in [5, 5.41) is 6.99. The summed E-state index contributed by atoms with van der Waals surface area (Å²) < 4.78 is 15.7. The first-order valence-corrected chi connectivity index (χ1v) is 8.01. The Morgan fingerprint density at radius 2 is 2.20 bits per heavy atom. The zero-order valence-electron chi connectivity index (χ0n) is 13.7. The molecule has 0 unspecified atom stereocenters. The molecule has 7 nitrogen and oxygen atoms in total. The number of rotatable bonds is 6. The molecule has 0 aliphatic rings. The molecule has 3 rings (SSSR count). The molecule has 2 aromatic heterocycles. The van der Waals surface area contributed by atoms with E-state index in [9.17, 15) is 4.79 Å². The number of ether oxygens (including phenoxy) is 1. The van der Waals surface area contributed by atoms with Crippen molar-refractivity contribution in [3.63, 3.8) is 0 Å². The van der Waals surface area contributed by atoms with Gasteiger partial charge in [-0.1, -0.05) is 16.8 Å². The number of carbonyl (C=O) groups is 1. The highest BCUT2D eigenvalue weighted by Gasteiger charge is 2.14. The zero-order chi connectivity index (χ0) is 17.8. The van der Waals surface area contributed by atoms with Crippen LogP contribution in [-0.4, -0.2) is 22.2 Å². The highest BCUT2D eigenvalue weighted by Crippen LogP contribution is 2.29. The maximum Gasteiger partial charge on any atom is 0.287 e. The first-order chi connectivity index (χ1) is 12.0. The Kier molecular flexibility index (Phi) is 5.04. The van der Waals surface area contributed by atoms with Crippen LogP contribution >= 0.6 is 11.6 Å². The molecule has 0 bridgehead atoms. The van der Waals surface area contributed by atoms with E-state index in [1.807, 2.05) is 13.8 Å². The van der Waals surface area contributed by atoms with Crippen molar-refractivity contribution < 1.29 is 18.5 Å². The maximum absolute atomic E-state index is 11.8. The van der Waals surface area contributed by atoms with Gasteiger partial charge in [0.25, 0.3) is 5.91 Å². The Hall–Kier alpha value is -2.80. The van der Waals surface area contributed by atoms with Crippen LogP contribution in [0.15, 0.2) is 45.5 Å². The summed E-state index contributed by atoms with van der Waals surface area (Å²) >= 11 is 6.21. The van der Waals surface area contributed by atoms with Crippen LogP contribution in [0.3, 0.4) is 0 Å². The van der Waals surface area contributed by atoms with Crippen LogP contribution in [0.5, 0.6) is 5.75 Å². The van der Waals surface area contributed by atoms with E-state index >= 15 is 0 Å². The predicted octanol–water partition coefficient (Wildman–Crippen LogP) is 3.70. The fourth-order valence-corrected chi connectivity index (χ4v) is 2.31. The third-order valence-corrected chi connectivity index (χ3v) is 3.46. The quantitative estimate of drug-likeness (QED) is 0.719. The average molecular weight is 362 g/mol. The van der Waals surface area contributed by atoms with Crippen molar-refractivity contribution in [3.05, 3.63) is 53.3 Å². The predicted molar refractivity (Wildman–Crippen MR) is 90.4 cm³/mol. The minimum Gasteiger partial charge on any atom is -0.489 e. The van der Waals surface area contributed by atoms with Gasteiger partial charge in [0.05, 0.1) is 23.9 Å². The SMILES string of the molecule is CC(C)Oc1ccc(-c2noc(CNC(=O)c3ccco3)n2)cc1Cl. The van der Waals surface area contributed by atoms with E-state index in [0.717, 1.165) is 0 Å². The van der Waals surface area contributed by atoms with E-state index in [4.69, 9.17) is 25.3 Å². The number of furan rings is 1. The van der Waals surface area contributed by atoms with Crippen LogP contribution in [-0.2, 0) is 6.54 Å². The second-order valence-corrected chi connectivity index (χ2v) is 5.89. The average Bonchev–Trinajstić information content (AvgIpc) is 3.26. The van der Waals surface area contributed by atoms with Gasteiger partial charge in [0, 0.05) is 5.56 Å². The number of hydrogen-bond donors (Lipinski definition) is 1. The molecule has 1 N–H and O–H groups in total. The van der Waals surface area contributed by atoms with Crippen molar-refractivity contribution in [2.24, 2.45) is 0 Å². The number of nitrogens with one attached hydrogen (secondary N) is 1. The number of hydrogen-bond acceptors (Lipinski definition) is 6. The first-order valence-electron chi connectivity index (χ1n) is 7.64. The Morgan fingerprint density at radius 1 is 1.36 bits per heavy atom. The van der Waals surface area contributed by atoms with Gasteiger partial charge >= 0.3 is 0 Å². The molecule has 0 spiro atoms. The van der Waals surface area contributed by atoms with Gasteiger partial charge in [-0.3, -0.25) is 4.79 Å². The van der Waals surface area contributed by atoms with Gasteiger partial charge in [-0.2, -0.15) is 4.98 Å². The van der Waals surface area contributed by atoms with Crippen LogP contribution in [0, 0.1) is 0 Å². The Bertz CT molecular complexity index is 859. The van der Waals surface area contributed by atoms with Crippen molar-refractivity contribution in [1.29, 1.82) is 0 Å². The normalized spacial score (nSPS) is 10.9. The topological polar surface area (TPSA) is 90.4 Å². The molecule has 130 valence electrons.